The van der Waals surface area contributed by atoms with Gasteiger partial charge in [-0.3, -0.25) is 4.98 Å². The van der Waals surface area contributed by atoms with Gasteiger partial charge in [-0.15, -0.1) is 0 Å². The van der Waals surface area contributed by atoms with Gasteiger partial charge in [0.2, 0.25) is 0 Å². The van der Waals surface area contributed by atoms with Crippen LogP contribution in [0.1, 0.15) is 12.1 Å². The van der Waals surface area contributed by atoms with Gasteiger partial charge in [0, 0.05) is 31.5 Å². The fraction of sp³-hybridized carbons (Fsp3) is 0.556. The summed E-state index contributed by atoms with van der Waals surface area (Å²) in [5, 5.41) is 0. The first-order valence-corrected chi connectivity index (χ1v) is 4.55. The fourth-order valence-electron chi connectivity index (χ4n) is 1.69. The molecule has 0 saturated carbocycles. The molecule has 4 heteroatoms. The molecule has 1 fully saturated rings. The Labute approximate surface area is 77.8 Å². The zero-order valence-corrected chi connectivity index (χ0v) is 7.77. The molecule has 2 N–H and O–H groups in total. The van der Waals surface area contributed by atoms with Crippen LogP contribution >= 0.6 is 0 Å². The van der Waals surface area contributed by atoms with Crippen molar-refractivity contribution < 1.29 is 0 Å². The normalized spacial score (nSPS) is 22.3. The molecule has 1 aliphatic rings. The summed E-state index contributed by atoms with van der Waals surface area (Å²) in [6.07, 6.45) is 4.50. The van der Waals surface area contributed by atoms with E-state index >= 15 is 0 Å². The minimum absolute atomic E-state index is 0.293. The van der Waals surface area contributed by atoms with E-state index in [1.807, 2.05) is 6.92 Å². The number of rotatable bonds is 1. The van der Waals surface area contributed by atoms with Crippen LogP contribution in [0.25, 0.3) is 0 Å². The molecule has 1 aromatic rings. The Morgan fingerprint density at radius 1 is 1.46 bits per heavy atom. The van der Waals surface area contributed by atoms with E-state index in [0.29, 0.717) is 6.04 Å². The van der Waals surface area contributed by atoms with Crippen LogP contribution in [-0.4, -0.2) is 29.1 Å². The van der Waals surface area contributed by atoms with Crippen molar-refractivity contribution in [3.05, 3.63) is 18.1 Å². The Morgan fingerprint density at radius 2 is 2.23 bits per heavy atom. The third kappa shape index (κ3) is 1.62. The molecule has 0 bridgehead atoms. The summed E-state index contributed by atoms with van der Waals surface area (Å²) in [6, 6.07) is 0.293. The van der Waals surface area contributed by atoms with Gasteiger partial charge in [-0.05, 0) is 13.3 Å². The predicted molar refractivity (Wildman–Crippen MR) is 51.6 cm³/mol. The van der Waals surface area contributed by atoms with Gasteiger partial charge >= 0.3 is 0 Å². The lowest BCUT2D eigenvalue weighted by atomic mass is 10.3. The van der Waals surface area contributed by atoms with Gasteiger partial charge in [-0.1, -0.05) is 0 Å². The second kappa shape index (κ2) is 3.30. The molecule has 13 heavy (non-hydrogen) atoms. The average molecular weight is 178 g/mol. The monoisotopic (exact) mass is 178 g/mol. The first-order valence-electron chi connectivity index (χ1n) is 4.55. The zero-order chi connectivity index (χ0) is 9.26. The SMILES string of the molecule is Cc1nccnc1N1CCC(N)C1. The number of aryl methyl sites for hydroxylation is 1. The van der Waals surface area contributed by atoms with Crippen LogP contribution in [0.5, 0.6) is 0 Å². The summed E-state index contributed by atoms with van der Waals surface area (Å²) in [5.74, 6) is 0.982. The highest BCUT2D eigenvalue weighted by atomic mass is 15.2. The van der Waals surface area contributed by atoms with Gasteiger partial charge < -0.3 is 10.6 Å². The second-order valence-corrected chi connectivity index (χ2v) is 3.46. The molecule has 1 saturated heterocycles. The van der Waals surface area contributed by atoms with Crippen LogP contribution in [0.4, 0.5) is 5.82 Å². The molecule has 1 aliphatic heterocycles. The molecule has 2 rings (SSSR count). The highest BCUT2D eigenvalue weighted by Crippen LogP contribution is 2.18. The molecular weight excluding hydrogens is 164 g/mol. The van der Waals surface area contributed by atoms with Crippen molar-refractivity contribution in [2.24, 2.45) is 5.73 Å². The second-order valence-electron chi connectivity index (χ2n) is 3.46. The Bertz CT molecular complexity index is 299. The van der Waals surface area contributed by atoms with Gasteiger partial charge in [-0.2, -0.15) is 0 Å². The third-order valence-electron chi connectivity index (χ3n) is 2.38. The first-order chi connectivity index (χ1) is 6.27. The van der Waals surface area contributed by atoms with E-state index < -0.39 is 0 Å². The molecular formula is C9H14N4. The lowest BCUT2D eigenvalue weighted by Crippen LogP contribution is -2.27. The number of nitrogens with two attached hydrogens (primary N) is 1. The maximum Gasteiger partial charge on any atom is 0.150 e. The van der Waals surface area contributed by atoms with Gasteiger partial charge in [0.1, 0.15) is 5.82 Å². The van der Waals surface area contributed by atoms with Crippen LogP contribution < -0.4 is 10.6 Å². The molecule has 2 heterocycles. The summed E-state index contributed by atoms with van der Waals surface area (Å²) < 4.78 is 0. The molecule has 0 aromatic carbocycles. The largest absolute Gasteiger partial charge is 0.354 e. The summed E-state index contributed by atoms with van der Waals surface area (Å²) in [5.41, 5.74) is 6.81. The summed E-state index contributed by atoms with van der Waals surface area (Å²) in [7, 11) is 0. The van der Waals surface area contributed by atoms with Gasteiger partial charge in [0.15, 0.2) is 0 Å². The summed E-state index contributed by atoms with van der Waals surface area (Å²) in [6.45, 7) is 3.88. The number of hydrogen-bond acceptors (Lipinski definition) is 4. The predicted octanol–water partition coefficient (Wildman–Crippen LogP) is 0.322. The smallest absolute Gasteiger partial charge is 0.150 e. The average Bonchev–Trinajstić information content (AvgIpc) is 2.53. The van der Waals surface area contributed by atoms with Crippen molar-refractivity contribution in [3.63, 3.8) is 0 Å². The van der Waals surface area contributed by atoms with E-state index in [4.69, 9.17) is 5.73 Å². The van der Waals surface area contributed by atoms with Crippen LogP contribution in [-0.2, 0) is 0 Å². The Morgan fingerprint density at radius 3 is 2.85 bits per heavy atom. The quantitative estimate of drug-likeness (QED) is 0.673. The van der Waals surface area contributed by atoms with Crippen LogP contribution in [0, 0.1) is 6.92 Å². The lowest BCUT2D eigenvalue weighted by Gasteiger charge is -2.17. The Balaban J connectivity index is 2.21. The maximum absolute atomic E-state index is 5.82. The van der Waals surface area contributed by atoms with E-state index in [2.05, 4.69) is 14.9 Å². The van der Waals surface area contributed by atoms with Gasteiger partial charge in [0.25, 0.3) is 0 Å². The molecule has 1 aromatic heterocycles. The number of anilines is 1. The van der Waals surface area contributed by atoms with Crippen molar-refractivity contribution in [1.29, 1.82) is 0 Å². The van der Waals surface area contributed by atoms with Gasteiger partial charge in [0.05, 0.1) is 5.69 Å². The standard InChI is InChI=1S/C9H14N4/c1-7-9(12-4-3-11-7)13-5-2-8(10)6-13/h3-4,8H,2,5-6,10H2,1H3. The topological polar surface area (TPSA) is 55.0 Å². The molecule has 1 unspecified atom stereocenters. The van der Waals surface area contributed by atoms with Crippen molar-refractivity contribution in [2.75, 3.05) is 18.0 Å². The minimum Gasteiger partial charge on any atom is -0.354 e. The third-order valence-corrected chi connectivity index (χ3v) is 2.38. The number of hydrogen-bond donors (Lipinski definition) is 1. The highest BCUT2D eigenvalue weighted by Gasteiger charge is 2.21. The number of nitrogens with zero attached hydrogens (tertiary/aromatic N) is 3. The van der Waals surface area contributed by atoms with Crippen LogP contribution in [0.3, 0.4) is 0 Å². The van der Waals surface area contributed by atoms with E-state index in [-0.39, 0.29) is 0 Å². The Hall–Kier alpha value is -1.16. The molecule has 0 amide bonds. The van der Waals surface area contributed by atoms with Crippen molar-refractivity contribution in [1.82, 2.24) is 9.97 Å². The maximum atomic E-state index is 5.82. The first kappa shape index (κ1) is 8.44. The van der Waals surface area contributed by atoms with Crippen LogP contribution in [0.2, 0.25) is 0 Å². The van der Waals surface area contributed by atoms with E-state index in [0.717, 1.165) is 31.0 Å². The summed E-state index contributed by atoms with van der Waals surface area (Å²) in [4.78, 5) is 10.7. The van der Waals surface area contributed by atoms with E-state index in [1.165, 1.54) is 0 Å². The summed E-state index contributed by atoms with van der Waals surface area (Å²) >= 11 is 0. The van der Waals surface area contributed by atoms with Crippen molar-refractivity contribution in [3.8, 4) is 0 Å². The fourth-order valence-corrected chi connectivity index (χ4v) is 1.69. The van der Waals surface area contributed by atoms with Crippen molar-refractivity contribution in [2.45, 2.75) is 19.4 Å². The number of aromatic nitrogens is 2. The molecule has 70 valence electrons. The Kier molecular flexibility index (Phi) is 2.14. The molecule has 1 atom stereocenters. The van der Waals surface area contributed by atoms with E-state index in [1.54, 1.807) is 12.4 Å². The molecule has 0 aliphatic carbocycles. The van der Waals surface area contributed by atoms with Crippen molar-refractivity contribution >= 4 is 5.82 Å². The lowest BCUT2D eigenvalue weighted by molar-refractivity contribution is 0.751. The molecule has 0 spiro atoms. The minimum atomic E-state index is 0.293. The zero-order valence-electron chi connectivity index (χ0n) is 7.77. The molecule has 4 nitrogen and oxygen atoms in total. The highest BCUT2D eigenvalue weighted by molar-refractivity contribution is 5.43. The molecule has 0 radical (unpaired) electrons. The van der Waals surface area contributed by atoms with Crippen LogP contribution in [0.15, 0.2) is 12.4 Å². The van der Waals surface area contributed by atoms with E-state index in [9.17, 15) is 0 Å². The van der Waals surface area contributed by atoms with Gasteiger partial charge in [-0.25, -0.2) is 4.98 Å².